The molecule has 0 radical (unpaired) electrons. The molecule has 4 rings (SSSR count). The lowest BCUT2D eigenvalue weighted by Crippen LogP contribution is -2.36. The largest absolute Gasteiger partial charge is 0.378 e. The van der Waals surface area contributed by atoms with Crippen LogP contribution >= 0.6 is 15.9 Å². The fourth-order valence-electron chi connectivity index (χ4n) is 3.16. The van der Waals surface area contributed by atoms with E-state index in [1.807, 2.05) is 18.2 Å². The van der Waals surface area contributed by atoms with Gasteiger partial charge in [0.2, 0.25) is 10.0 Å². The Morgan fingerprint density at radius 1 is 1.07 bits per heavy atom. The number of halogens is 1. The number of amides is 1. The molecular weight excluding hydrogens is 458 g/mol. The van der Waals surface area contributed by atoms with E-state index in [0.717, 1.165) is 36.1 Å². The maximum absolute atomic E-state index is 12.8. The molecule has 2 fully saturated rings. The van der Waals surface area contributed by atoms with Crippen LogP contribution in [0.1, 0.15) is 23.2 Å². The van der Waals surface area contributed by atoms with E-state index in [9.17, 15) is 13.2 Å². The minimum atomic E-state index is -3.53. The molecule has 2 aromatic carbocycles. The molecule has 1 amide bonds. The summed E-state index contributed by atoms with van der Waals surface area (Å²) >= 11 is 3.45. The quantitative estimate of drug-likeness (QED) is 0.664. The standard InChI is InChI=1S/C20H22BrN3O4S/c21-15-3-8-19(24-9-11-28-12-10-24)18(13-15)22-20(25)14-1-6-17(7-2-14)29(26,27)23-16-4-5-16/h1-3,6-8,13,16,23H,4-5,9-12H2,(H,22,25). The first kappa shape index (κ1) is 20.3. The van der Waals surface area contributed by atoms with Crippen molar-refractivity contribution in [3.8, 4) is 0 Å². The zero-order valence-electron chi connectivity index (χ0n) is 15.7. The smallest absolute Gasteiger partial charge is 0.255 e. The normalized spacial score (nSPS) is 17.2. The molecule has 1 saturated heterocycles. The molecule has 1 aliphatic carbocycles. The summed E-state index contributed by atoms with van der Waals surface area (Å²) in [7, 11) is -3.53. The predicted octanol–water partition coefficient (Wildman–Crippen LogP) is 2.98. The molecule has 9 heteroatoms. The molecule has 0 aromatic heterocycles. The fraction of sp³-hybridized carbons (Fsp3) is 0.350. The number of carbonyl (C=O) groups excluding carboxylic acids is 1. The number of benzene rings is 2. The molecule has 1 saturated carbocycles. The van der Waals surface area contributed by atoms with E-state index in [-0.39, 0.29) is 16.8 Å². The van der Waals surface area contributed by atoms with Gasteiger partial charge >= 0.3 is 0 Å². The van der Waals surface area contributed by atoms with Crippen molar-refractivity contribution in [2.75, 3.05) is 36.5 Å². The molecule has 0 spiro atoms. The predicted molar refractivity (Wildman–Crippen MR) is 115 cm³/mol. The van der Waals surface area contributed by atoms with Crippen LogP contribution in [-0.4, -0.2) is 46.7 Å². The molecular formula is C20H22BrN3O4S. The van der Waals surface area contributed by atoms with E-state index in [0.29, 0.717) is 24.5 Å². The zero-order valence-corrected chi connectivity index (χ0v) is 18.1. The third-order valence-electron chi connectivity index (χ3n) is 4.88. The maximum atomic E-state index is 12.8. The average molecular weight is 480 g/mol. The number of nitrogens with zero attached hydrogens (tertiary/aromatic N) is 1. The SMILES string of the molecule is O=C(Nc1cc(Br)ccc1N1CCOCC1)c1ccc(S(=O)(=O)NC2CC2)cc1. The van der Waals surface area contributed by atoms with Gasteiger partial charge in [0.1, 0.15) is 0 Å². The van der Waals surface area contributed by atoms with Gasteiger partial charge in [-0.15, -0.1) is 0 Å². The summed E-state index contributed by atoms with van der Waals surface area (Å²) in [6.07, 6.45) is 1.75. The number of hydrogen-bond acceptors (Lipinski definition) is 5. The van der Waals surface area contributed by atoms with Gasteiger partial charge in [0.15, 0.2) is 0 Å². The monoisotopic (exact) mass is 479 g/mol. The third-order valence-corrected chi connectivity index (χ3v) is 6.91. The van der Waals surface area contributed by atoms with E-state index in [2.05, 4.69) is 30.9 Å². The van der Waals surface area contributed by atoms with Crippen LogP contribution in [0.3, 0.4) is 0 Å². The molecule has 29 heavy (non-hydrogen) atoms. The Labute approximate surface area is 178 Å². The van der Waals surface area contributed by atoms with E-state index in [1.54, 1.807) is 0 Å². The molecule has 0 unspecified atom stereocenters. The Morgan fingerprint density at radius 3 is 2.41 bits per heavy atom. The molecule has 2 aliphatic rings. The summed E-state index contributed by atoms with van der Waals surface area (Å²) in [5, 5.41) is 2.95. The Bertz CT molecular complexity index is 1000. The van der Waals surface area contributed by atoms with Crippen LogP contribution in [0.4, 0.5) is 11.4 Å². The van der Waals surface area contributed by atoms with E-state index >= 15 is 0 Å². The summed E-state index contributed by atoms with van der Waals surface area (Å²) in [5.74, 6) is -0.295. The second kappa shape index (κ2) is 8.43. The van der Waals surface area contributed by atoms with Gasteiger partial charge in [0, 0.05) is 29.2 Å². The maximum Gasteiger partial charge on any atom is 0.255 e. The summed E-state index contributed by atoms with van der Waals surface area (Å²) in [4.78, 5) is 15.1. The van der Waals surface area contributed by atoms with Gasteiger partial charge in [-0.2, -0.15) is 0 Å². The Morgan fingerprint density at radius 2 is 1.76 bits per heavy atom. The Balaban J connectivity index is 1.51. The highest BCUT2D eigenvalue weighted by atomic mass is 79.9. The Kier molecular flexibility index (Phi) is 5.91. The van der Waals surface area contributed by atoms with Crippen molar-refractivity contribution < 1.29 is 17.9 Å². The summed E-state index contributed by atoms with van der Waals surface area (Å²) in [6.45, 7) is 2.80. The van der Waals surface area contributed by atoms with E-state index in [1.165, 1.54) is 24.3 Å². The first-order valence-corrected chi connectivity index (χ1v) is 11.8. The van der Waals surface area contributed by atoms with Crippen molar-refractivity contribution in [2.45, 2.75) is 23.8 Å². The van der Waals surface area contributed by atoms with Crippen LogP contribution in [-0.2, 0) is 14.8 Å². The first-order valence-electron chi connectivity index (χ1n) is 9.48. The van der Waals surface area contributed by atoms with Crippen LogP contribution in [0.25, 0.3) is 0 Å². The summed E-state index contributed by atoms with van der Waals surface area (Å²) < 4.78 is 33.5. The van der Waals surface area contributed by atoms with Crippen molar-refractivity contribution in [1.29, 1.82) is 0 Å². The number of anilines is 2. The fourth-order valence-corrected chi connectivity index (χ4v) is 4.82. The molecule has 0 bridgehead atoms. The van der Waals surface area contributed by atoms with Crippen molar-refractivity contribution in [1.82, 2.24) is 4.72 Å². The van der Waals surface area contributed by atoms with Gasteiger partial charge in [-0.3, -0.25) is 4.79 Å². The lowest BCUT2D eigenvalue weighted by molar-refractivity contribution is 0.102. The van der Waals surface area contributed by atoms with Crippen molar-refractivity contribution >= 4 is 43.2 Å². The lowest BCUT2D eigenvalue weighted by atomic mass is 10.2. The van der Waals surface area contributed by atoms with E-state index < -0.39 is 10.0 Å². The highest BCUT2D eigenvalue weighted by molar-refractivity contribution is 9.10. The molecule has 7 nitrogen and oxygen atoms in total. The van der Waals surface area contributed by atoms with Gasteiger partial charge in [-0.05, 0) is 55.3 Å². The van der Waals surface area contributed by atoms with Crippen LogP contribution in [0, 0.1) is 0 Å². The number of rotatable bonds is 6. The van der Waals surface area contributed by atoms with Gasteiger partial charge < -0.3 is 15.0 Å². The van der Waals surface area contributed by atoms with Crippen molar-refractivity contribution in [3.05, 3.63) is 52.5 Å². The number of nitrogens with one attached hydrogen (secondary N) is 2. The third kappa shape index (κ3) is 4.98. The minimum absolute atomic E-state index is 0.0399. The van der Waals surface area contributed by atoms with E-state index in [4.69, 9.17) is 4.74 Å². The second-order valence-electron chi connectivity index (χ2n) is 7.13. The molecule has 1 heterocycles. The number of ether oxygens (including phenoxy) is 1. The topological polar surface area (TPSA) is 87.7 Å². The molecule has 154 valence electrons. The summed E-state index contributed by atoms with van der Waals surface area (Å²) in [6, 6.07) is 11.8. The molecule has 1 aliphatic heterocycles. The zero-order chi connectivity index (χ0) is 20.4. The van der Waals surface area contributed by atoms with Gasteiger partial charge in [-0.25, -0.2) is 13.1 Å². The highest BCUT2D eigenvalue weighted by Crippen LogP contribution is 2.30. The first-order chi connectivity index (χ1) is 13.9. The lowest BCUT2D eigenvalue weighted by Gasteiger charge is -2.30. The molecule has 0 atom stereocenters. The number of sulfonamides is 1. The second-order valence-corrected chi connectivity index (χ2v) is 9.76. The van der Waals surface area contributed by atoms with Gasteiger partial charge in [-0.1, -0.05) is 15.9 Å². The average Bonchev–Trinajstić information content (AvgIpc) is 3.52. The highest BCUT2D eigenvalue weighted by Gasteiger charge is 2.28. The van der Waals surface area contributed by atoms with Crippen LogP contribution in [0.2, 0.25) is 0 Å². The van der Waals surface area contributed by atoms with Gasteiger partial charge in [0.25, 0.3) is 5.91 Å². The number of hydrogen-bond donors (Lipinski definition) is 2. The van der Waals surface area contributed by atoms with Crippen molar-refractivity contribution in [2.24, 2.45) is 0 Å². The minimum Gasteiger partial charge on any atom is -0.378 e. The number of morpholine rings is 1. The Hall–Kier alpha value is -1.94. The van der Waals surface area contributed by atoms with Crippen LogP contribution in [0.15, 0.2) is 51.8 Å². The van der Waals surface area contributed by atoms with Crippen LogP contribution in [0.5, 0.6) is 0 Å². The van der Waals surface area contributed by atoms with Crippen molar-refractivity contribution in [3.63, 3.8) is 0 Å². The molecule has 2 aromatic rings. The summed E-state index contributed by atoms with van der Waals surface area (Å²) in [5.41, 5.74) is 2.01. The molecule has 2 N–H and O–H groups in total. The van der Waals surface area contributed by atoms with Crippen LogP contribution < -0.4 is 14.9 Å². The van der Waals surface area contributed by atoms with Gasteiger partial charge in [0.05, 0.1) is 29.5 Å². The number of carbonyl (C=O) groups is 1.